The zero-order chi connectivity index (χ0) is 71.6. The van der Waals surface area contributed by atoms with E-state index >= 15 is 0 Å². The quantitative estimate of drug-likeness (QED) is 0.0579. The van der Waals surface area contributed by atoms with E-state index in [9.17, 15) is 0 Å². The van der Waals surface area contributed by atoms with Crippen molar-refractivity contribution >= 4 is 107 Å². The minimum Gasteiger partial charge on any atom is -0.399 e. The standard InChI is InChI=1S/C70H48N2.C30H30BNO2/c1-5-19-55(20-6-1)71(56-21-7-2-8-22-56)59-45-41-51(42-46-59)49-33-37-53(38-34-49)67-65-31-17-18-32-66(65)68(70-64-30-16-14-28-62(64)61-27-13-15-29-63(61)69(67)70)54-39-35-50(36-40-54)52-43-47-60(48-44-52)72(57-23-9-3-10-24-57)58-25-11-4-12-26-58;1-29(2)30(3,4)34-31(33-29)25-19-15-23(16-20-25)24-17-21-28(22-18-24)32(26-11-7-5-8-12-26)27-13-9-6-10-14-27/h1-48H;5-22H,1-4H3. The van der Waals surface area contributed by atoms with Gasteiger partial charge in [-0.25, -0.2) is 0 Å². The smallest absolute Gasteiger partial charge is 0.399 e. The lowest BCUT2D eigenvalue weighted by Gasteiger charge is -2.32. The van der Waals surface area contributed by atoms with Gasteiger partial charge in [-0.05, 0) is 241 Å². The summed E-state index contributed by atoms with van der Waals surface area (Å²) in [6.07, 6.45) is 0. The molecule has 0 saturated carbocycles. The second-order valence-corrected chi connectivity index (χ2v) is 28.2. The van der Waals surface area contributed by atoms with Crippen LogP contribution < -0.4 is 20.2 Å². The summed E-state index contributed by atoms with van der Waals surface area (Å²) in [6.45, 7) is 8.32. The Bertz CT molecular complexity index is 5490. The van der Waals surface area contributed by atoms with Crippen molar-refractivity contribution in [2.45, 2.75) is 38.9 Å². The molecular formula is C100H78BN3O2. The number of hydrogen-bond acceptors (Lipinski definition) is 5. The maximum atomic E-state index is 6.19. The highest BCUT2D eigenvalue weighted by atomic mass is 16.7. The van der Waals surface area contributed by atoms with Crippen LogP contribution in [0.15, 0.2) is 400 Å². The highest BCUT2D eigenvalue weighted by Crippen LogP contribution is 2.51. The molecule has 1 aliphatic heterocycles. The Balaban J connectivity index is 0.000000203. The zero-order valence-corrected chi connectivity index (χ0v) is 59.8. The molecule has 0 aliphatic carbocycles. The lowest BCUT2D eigenvalue weighted by Crippen LogP contribution is -2.41. The maximum Gasteiger partial charge on any atom is 0.494 e. The first-order valence-electron chi connectivity index (χ1n) is 36.6. The fraction of sp³-hybridized carbons (Fsp3) is 0.0600. The lowest BCUT2D eigenvalue weighted by atomic mass is 9.78. The van der Waals surface area contributed by atoms with E-state index in [4.69, 9.17) is 9.31 Å². The summed E-state index contributed by atoms with van der Waals surface area (Å²) in [5.74, 6) is 0. The molecule has 1 aliphatic rings. The number of rotatable bonds is 15. The molecule has 6 heteroatoms. The van der Waals surface area contributed by atoms with Crippen LogP contribution in [-0.2, 0) is 9.31 Å². The van der Waals surface area contributed by atoms with E-state index in [-0.39, 0.29) is 18.3 Å². The van der Waals surface area contributed by atoms with Crippen molar-refractivity contribution in [3.8, 4) is 55.6 Å². The number of fused-ring (bicyclic) bond motifs is 7. The third kappa shape index (κ3) is 13.0. The van der Waals surface area contributed by atoms with Crippen LogP contribution in [0.3, 0.4) is 0 Å². The van der Waals surface area contributed by atoms with Gasteiger partial charge in [-0.2, -0.15) is 0 Å². The molecule has 0 unspecified atom stereocenters. The predicted octanol–water partition coefficient (Wildman–Crippen LogP) is 27.0. The molecule has 0 spiro atoms. The first-order chi connectivity index (χ1) is 52.1. The Morgan fingerprint density at radius 1 is 0.189 bits per heavy atom. The molecule has 17 aromatic rings. The van der Waals surface area contributed by atoms with Crippen LogP contribution in [0.1, 0.15) is 27.7 Å². The van der Waals surface area contributed by atoms with Gasteiger partial charge < -0.3 is 24.0 Å². The van der Waals surface area contributed by atoms with Gasteiger partial charge in [0.05, 0.1) is 11.2 Å². The van der Waals surface area contributed by atoms with Crippen molar-refractivity contribution in [1.82, 2.24) is 0 Å². The summed E-state index contributed by atoms with van der Waals surface area (Å²) in [7, 11) is -0.341. The van der Waals surface area contributed by atoms with Crippen LogP contribution in [-0.4, -0.2) is 18.3 Å². The largest absolute Gasteiger partial charge is 0.494 e. The Kier molecular flexibility index (Phi) is 18.0. The summed E-state index contributed by atoms with van der Waals surface area (Å²) in [5.41, 5.74) is 22.4. The predicted molar refractivity (Wildman–Crippen MR) is 450 cm³/mol. The van der Waals surface area contributed by atoms with Crippen molar-refractivity contribution in [3.05, 3.63) is 400 Å². The molecule has 18 rings (SSSR count). The molecular weight excluding hydrogens is 1290 g/mol. The monoisotopic (exact) mass is 1360 g/mol. The van der Waals surface area contributed by atoms with Gasteiger partial charge >= 0.3 is 7.12 Å². The number of hydrogen-bond donors (Lipinski definition) is 0. The molecule has 508 valence electrons. The van der Waals surface area contributed by atoms with E-state index in [1.807, 2.05) is 12.1 Å². The summed E-state index contributed by atoms with van der Waals surface area (Å²) in [6, 6.07) is 144. The first kappa shape index (κ1) is 66.4. The molecule has 0 atom stereocenters. The molecule has 0 bridgehead atoms. The van der Waals surface area contributed by atoms with E-state index in [0.717, 1.165) is 62.2 Å². The number of benzene rings is 17. The van der Waals surface area contributed by atoms with E-state index < -0.39 is 0 Å². The van der Waals surface area contributed by atoms with E-state index in [0.29, 0.717) is 0 Å². The molecule has 1 fully saturated rings. The van der Waals surface area contributed by atoms with Crippen molar-refractivity contribution in [1.29, 1.82) is 0 Å². The molecule has 0 aromatic heterocycles. The van der Waals surface area contributed by atoms with Crippen LogP contribution in [0, 0.1) is 0 Å². The van der Waals surface area contributed by atoms with Crippen LogP contribution in [0.5, 0.6) is 0 Å². The summed E-state index contributed by atoms with van der Waals surface area (Å²) in [4.78, 5) is 6.88. The van der Waals surface area contributed by atoms with Crippen molar-refractivity contribution in [3.63, 3.8) is 0 Å². The molecule has 0 N–H and O–H groups in total. The van der Waals surface area contributed by atoms with Gasteiger partial charge in [0.2, 0.25) is 0 Å². The maximum absolute atomic E-state index is 6.19. The van der Waals surface area contributed by atoms with Crippen molar-refractivity contribution < 1.29 is 9.31 Å². The second kappa shape index (κ2) is 28.8. The third-order valence-corrected chi connectivity index (χ3v) is 21.1. The fourth-order valence-corrected chi connectivity index (χ4v) is 15.1. The highest BCUT2D eigenvalue weighted by Gasteiger charge is 2.51. The average molecular weight is 1360 g/mol. The summed E-state index contributed by atoms with van der Waals surface area (Å²) in [5, 5.41) is 10.1. The summed E-state index contributed by atoms with van der Waals surface area (Å²) < 4.78 is 12.4. The molecule has 0 radical (unpaired) electrons. The highest BCUT2D eigenvalue weighted by molar-refractivity contribution is 6.62. The van der Waals surface area contributed by atoms with Crippen LogP contribution in [0.4, 0.5) is 51.2 Å². The molecule has 1 saturated heterocycles. The van der Waals surface area contributed by atoms with Gasteiger partial charge in [0, 0.05) is 51.2 Å². The lowest BCUT2D eigenvalue weighted by molar-refractivity contribution is 0.00578. The van der Waals surface area contributed by atoms with Gasteiger partial charge in [0.25, 0.3) is 0 Å². The summed E-state index contributed by atoms with van der Waals surface area (Å²) >= 11 is 0. The van der Waals surface area contributed by atoms with E-state index in [1.165, 1.54) is 93.2 Å². The Morgan fingerprint density at radius 2 is 0.377 bits per heavy atom. The van der Waals surface area contributed by atoms with E-state index in [1.54, 1.807) is 0 Å². The molecule has 0 amide bonds. The van der Waals surface area contributed by atoms with Gasteiger partial charge in [-0.1, -0.05) is 291 Å². The van der Waals surface area contributed by atoms with Crippen LogP contribution >= 0.6 is 0 Å². The van der Waals surface area contributed by atoms with Crippen LogP contribution in [0.25, 0.3) is 98.7 Å². The Labute approximate surface area is 621 Å². The van der Waals surface area contributed by atoms with Gasteiger partial charge in [0.1, 0.15) is 0 Å². The van der Waals surface area contributed by atoms with Crippen molar-refractivity contribution in [2.24, 2.45) is 0 Å². The van der Waals surface area contributed by atoms with E-state index in [2.05, 4.69) is 431 Å². The average Bonchev–Trinajstić information content (AvgIpc) is 0.850. The first-order valence-corrected chi connectivity index (χ1v) is 36.6. The third-order valence-electron chi connectivity index (χ3n) is 21.1. The normalized spacial score (nSPS) is 13.0. The van der Waals surface area contributed by atoms with Crippen LogP contribution in [0.2, 0.25) is 0 Å². The molecule has 17 aromatic carbocycles. The zero-order valence-electron chi connectivity index (χ0n) is 59.8. The van der Waals surface area contributed by atoms with Gasteiger partial charge in [-0.15, -0.1) is 0 Å². The van der Waals surface area contributed by atoms with Crippen molar-refractivity contribution in [2.75, 3.05) is 14.7 Å². The Morgan fingerprint density at radius 3 is 0.632 bits per heavy atom. The fourth-order valence-electron chi connectivity index (χ4n) is 15.1. The molecule has 106 heavy (non-hydrogen) atoms. The Hall–Kier alpha value is -12.8. The number of para-hydroxylation sites is 6. The van der Waals surface area contributed by atoms with Gasteiger partial charge in [-0.3, -0.25) is 0 Å². The SMILES string of the molecule is CC1(C)OB(c2ccc(-c3ccc(N(c4ccccc4)c4ccccc4)cc3)cc2)OC1(C)C.c1ccc(N(c2ccccc2)c2ccc(-c3ccc(-c4c5ccccc5c(-c5ccc(-c6ccc(N(c7ccccc7)c7ccccc7)cc6)cc5)c5c6ccccc6c6ccccc6c45)cc3)cc2)cc1. The number of nitrogens with zero attached hydrogens (tertiary/aromatic N) is 3. The second-order valence-electron chi connectivity index (χ2n) is 28.2. The molecule has 1 heterocycles. The molecule has 5 nitrogen and oxygen atoms in total. The topological polar surface area (TPSA) is 28.2 Å². The minimum absolute atomic E-state index is 0.338. The number of anilines is 9. The minimum atomic E-state index is -0.341. The van der Waals surface area contributed by atoms with Gasteiger partial charge in [0.15, 0.2) is 0 Å².